The fourth-order valence-electron chi connectivity index (χ4n) is 4.99. The summed E-state index contributed by atoms with van der Waals surface area (Å²) in [5, 5.41) is 3.13. The number of amides is 1. The molecule has 1 amide bonds. The lowest BCUT2D eigenvalue weighted by Gasteiger charge is -2.06. The quantitative estimate of drug-likeness (QED) is 0.0763. The van der Waals surface area contributed by atoms with Crippen molar-refractivity contribution in [1.82, 2.24) is 5.32 Å². The molecule has 0 bridgehead atoms. The van der Waals surface area contributed by atoms with Gasteiger partial charge in [-0.15, -0.1) is 0 Å². The topological polar surface area (TPSA) is 29.1 Å². The van der Waals surface area contributed by atoms with E-state index >= 15 is 0 Å². The third-order valence-corrected chi connectivity index (χ3v) is 7.52. The van der Waals surface area contributed by atoms with Crippen molar-refractivity contribution in [1.29, 1.82) is 0 Å². The van der Waals surface area contributed by atoms with Crippen molar-refractivity contribution in [3.63, 3.8) is 0 Å². The van der Waals surface area contributed by atoms with Gasteiger partial charge < -0.3 is 5.32 Å². The minimum atomic E-state index is 0.269. The Morgan fingerprint density at radius 1 is 0.444 bits per heavy atom. The molecule has 0 aromatic heterocycles. The highest BCUT2D eigenvalue weighted by Gasteiger charge is 2.01. The van der Waals surface area contributed by atoms with Crippen molar-refractivity contribution in [2.45, 2.75) is 194 Å². The van der Waals surface area contributed by atoms with E-state index in [0.29, 0.717) is 0 Å². The molecular weight excluding hydrogens is 438 g/mol. The van der Waals surface area contributed by atoms with E-state index in [4.69, 9.17) is 0 Å². The average Bonchev–Trinajstić information content (AvgIpc) is 2.88. The van der Waals surface area contributed by atoms with Gasteiger partial charge in [0.1, 0.15) is 0 Å². The van der Waals surface area contributed by atoms with Crippen LogP contribution in [-0.4, -0.2) is 12.5 Å². The molecule has 0 aromatic carbocycles. The molecule has 0 aromatic rings. The van der Waals surface area contributed by atoms with Gasteiger partial charge in [-0.25, -0.2) is 0 Å². The standard InChI is InChI=1S/C34H67NO/c1-3-5-7-9-11-13-15-17-18-19-21-23-25-27-29-31-33-35-34(36)32-30-28-26-24-22-20-16-14-12-10-8-6-4-2/h17-18H,3-16,19-33H2,1-2H3,(H,35,36). The lowest BCUT2D eigenvalue weighted by Crippen LogP contribution is -2.23. The Balaban J connectivity index is 3.18. The van der Waals surface area contributed by atoms with Crippen LogP contribution in [0.5, 0.6) is 0 Å². The maximum atomic E-state index is 12.0. The Labute approximate surface area is 228 Å². The monoisotopic (exact) mass is 506 g/mol. The van der Waals surface area contributed by atoms with Crippen LogP contribution in [0, 0.1) is 0 Å². The molecule has 0 aliphatic heterocycles. The van der Waals surface area contributed by atoms with Gasteiger partial charge in [0.25, 0.3) is 0 Å². The molecule has 0 unspecified atom stereocenters. The number of hydrogen-bond acceptors (Lipinski definition) is 1. The molecule has 0 aliphatic carbocycles. The molecule has 0 saturated heterocycles. The Kier molecular flexibility index (Phi) is 31.5. The van der Waals surface area contributed by atoms with Gasteiger partial charge in [-0.2, -0.15) is 0 Å². The lowest BCUT2D eigenvalue weighted by atomic mass is 10.0. The van der Waals surface area contributed by atoms with Crippen molar-refractivity contribution < 1.29 is 4.79 Å². The predicted molar refractivity (Wildman–Crippen MR) is 163 cm³/mol. The van der Waals surface area contributed by atoms with Crippen LogP contribution >= 0.6 is 0 Å². The zero-order valence-corrected chi connectivity index (χ0v) is 25.1. The molecule has 0 atom stereocenters. The predicted octanol–water partition coefficient (Wildman–Crippen LogP) is 11.6. The van der Waals surface area contributed by atoms with E-state index in [1.807, 2.05) is 0 Å². The van der Waals surface area contributed by atoms with Crippen LogP contribution in [0.1, 0.15) is 194 Å². The number of hydrogen-bond donors (Lipinski definition) is 1. The highest BCUT2D eigenvalue weighted by Crippen LogP contribution is 2.13. The number of carbonyl (C=O) groups is 1. The first-order valence-corrected chi connectivity index (χ1v) is 16.7. The molecule has 1 N–H and O–H groups in total. The third kappa shape index (κ3) is 31.2. The summed E-state index contributed by atoms with van der Waals surface area (Å²) in [5.41, 5.74) is 0. The highest BCUT2D eigenvalue weighted by molar-refractivity contribution is 5.75. The minimum absolute atomic E-state index is 0.269. The van der Waals surface area contributed by atoms with Gasteiger partial charge in [-0.1, -0.05) is 161 Å². The Bertz CT molecular complexity index is 444. The summed E-state index contributed by atoms with van der Waals surface area (Å²) in [6, 6.07) is 0. The zero-order chi connectivity index (χ0) is 26.2. The van der Waals surface area contributed by atoms with E-state index in [2.05, 4.69) is 31.3 Å². The van der Waals surface area contributed by atoms with Crippen molar-refractivity contribution in [3.8, 4) is 0 Å². The molecule has 2 nitrogen and oxygen atoms in total. The van der Waals surface area contributed by atoms with E-state index in [0.717, 1.165) is 25.8 Å². The minimum Gasteiger partial charge on any atom is -0.356 e. The second kappa shape index (κ2) is 32.2. The number of nitrogens with one attached hydrogen (secondary N) is 1. The van der Waals surface area contributed by atoms with E-state index in [9.17, 15) is 4.79 Å². The largest absolute Gasteiger partial charge is 0.356 e. The molecule has 0 heterocycles. The van der Waals surface area contributed by atoms with Crippen molar-refractivity contribution >= 4 is 5.91 Å². The molecule has 0 fully saturated rings. The van der Waals surface area contributed by atoms with Crippen LogP contribution in [0.4, 0.5) is 0 Å². The number of unbranched alkanes of at least 4 members (excludes halogenated alkanes) is 24. The fourth-order valence-corrected chi connectivity index (χ4v) is 4.99. The highest BCUT2D eigenvalue weighted by atomic mass is 16.1. The fraction of sp³-hybridized carbons (Fsp3) is 0.912. The Hall–Kier alpha value is -0.790. The van der Waals surface area contributed by atoms with E-state index < -0.39 is 0 Å². The first-order valence-electron chi connectivity index (χ1n) is 16.7. The Morgan fingerprint density at radius 3 is 1.19 bits per heavy atom. The average molecular weight is 506 g/mol. The van der Waals surface area contributed by atoms with Gasteiger partial charge in [-0.05, 0) is 38.5 Å². The molecule has 0 saturated carbocycles. The first-order chi connectivity index (χ1) is 17.8. The normalized spacial score (nSPS) is 11.5. The Morgan fingerprint density at radius 2 is 0.778 bits per heavy atom. The number of rotatable bonds is 30. The maximum absolute atomic E-state index is 12.0. The molecule has 0 rings (SSSR count). The van der Waals surface area contributed by atoms with Crippen LogP contribution in [-0.2, 0) is 4.79 Å². The summed E-state index contributed by atoms with van der Waals surface area (Å²) in [5.74, 6) is 0.269. The molecule has 0 spiro atoms. The summed E-state index contributed by atoms with van der Waals surface area (Å²) in [4.78, 5) is 12.0. The number of allylic oxidation sites excluding steroid dienone is 2. The summed E-state index contributed by atoms with van der Waals surface area (Å²) in [6.45, 7) is 5.44. The van der Waals surface area contributed by atoms with Crippen LogP contribution in [0.25, 0.3) is 0 Å². The van der Waals surface area contributed by atoms with Gasteiger partial charge in [0.2, 0.25) is 5.91 Å². The molecule has 2 heteroatoms. The number of carbonyl (C=O) groups excluding carboxylic acids is 1. The van der Waals surface area contributed by atoms with E-state index in [1.54, 1.807) is 0 Å². The summed E-state index contributed by atoms with van der Waals surface area (Å²) in [6.07, 6.45) is 41.8. The van der Waals surface area contributed by atoms with Crippen molar-refractivity contribution in [3.05, 3.63) is 12.2 Å². The SMILES string of the molecule is CCCCCCCCC=CCCCCCCCCNC(=O)CCCCCCCCCCCCCCC. The second-order valence-electron chi connectivity index (χ2n) is 11.3. The van der Waals surface area contributed by atoms with Crippen LogP contribution in [0.2, 0.25) is 0 Å². The molecule has 214 valence electrons. The van der Waals surface area contributed by atoms with Gasteiger partial charge in [-0.3, -0.25) is 4.79 Å². The van der Waals surface area contributed by atoms with E-state index in [1.165, 1.54) is 161 Å². The van der Waals surface area contributed by atoms with Gasteiger partial charge >= 0.3 is 0 Å². The van der Waals surface area contributed by atoms with Crippen molar-refractivity contribution in [2.24, 2.45) is 0 Å². The molecule has 36 heavy (non-hydrogen) atoms. The van der Waals surface area contributed by atoms with Gasteiger partial charge in [0.15, 0.2) is 0 Å². The summed E-state index contributed by atoms with van der Waals surface area (Å²) in [7, 11) is 0. The second-order valence-corrected chi connectivity index (χ2v) is 11.3. The van der Waals surface area contributed by atoms with Gasteiger partial charge in [0.05, 0.1) is 0 Å². The maximum Gasteiger partial charge on any atom is 0.219 e. The first kappa shape index (κ1) is 35.2. The van der Waals surface area contributed by atoms with Crippen LogP contribution < -0.4 is 5.32 Å². The van der Waals surface area contributed by atoms with E-state index in [-0.39, 0.29) is 5.91 Å². The van der Waals surface area contributed by atoms with Gasteiger partial charge in [0, 0.05) is 13.0 Å². The molecular formula is C34H67NO. The summed E-state index contributed by atoms with van der Waals surface area (Å²) < 4.78 is 0. The summed E-state index contributed by atoms with van der Waals surface area (Å²) >= 11 is 0. The van der Waals surface area contributed by atoms with Crippen LogP contribution in [0.3, 0.4) is 0 Å². The van der Waals surface area contributed by atoms with Crippen molar-refractivity contribution in [2.75, 3.05) is 6.54 Å². The van der Waals surface area contributed by atoms with Crippen LogP contribution in [0.15, 0.2) is 12.2 Å². The zero-order valence-electron chi connectivity index (χ0n) is 25.1. The smallest absolute Gasteiger partial charge is 0.219 e. The lowest BCUT2D eigenvalue weighted by molar-refractivity contribution is -0.121. The third-order valence-electron chi connectivity index (χ3n) is 7.52. The molecule has 0 aliphatic rings. The molecule has 0 radical (unpaired) electrons.